The fraction of sp³-hybridized carbons (Fsp3) is 0.385. The molecule has 0 unspecified atom stereocenters. The normalized spacial score (nSPS) is 16.7. The van der Waals surface area contributed by atoms with Gasteiger partial charge in [-0.1, -0.05) is 24.3 Å². The molecule has 84 valence electrons. The highest BCUT2D eigenvalue weighted by Crippen LogP contribution is 2.17. The van der Waals surface area contributed by atoms with E-state index in [1.807, 2.05) is 31.2 Å². The lowest BCUT2D eigenvalue weighted by Crippen LogP contribution is -2.39. The lowest BCUT2D eigenvalue weighted by atomic mass is 10.1. The molecule has 1 aromatic rings. The Morgan fingerprint density at radius 3 is 2.38 bits per heavy atom. The molecule has 0 radical (unpaired) electrons. The van der Waals surface area contributed by atoms with Gasteiger partial charge in [0, 0.05) is 12.8 Å². The summed E-state index contributed by atoms with van der Waals surface area (Å²) < 4.78 is 0. The number of imide groups is 1. The minimum atomic E-state index is -0.0421. The lowest BCUT2D eigenvalue weighted by molar-refractivity contribution is -0.148. The van der Waals surface area contributed by atoms with E-state index in [1.165, 1.54) is 4.90 Å². The Balaban J connectivity index is 2.17. The molecule has 3 nitrogen and oxygen atoms in total. The van der Waals surface area contributed by atoms with Crippen LogP contribution in [0.4, 0.5) is 0 Å². The van der Waals surface area contributed by atoms with Crippen LogP contribution in [0.15, 0.2) is 24.3 Å². The molecule has 2 amide bonds. The first-order chi connectivity index (χ1) is 7.68. The number of rotatable bonds is 2. The minimum Gasteiger partial charge on any atom is -0.278 e. The second kappa shape index (κ2) is 4.47. The van der Waals surface area contributed by atoms with Gasteiger partial charge in [0.25, 0.3) is 0 Å². The van der Waals surface area contributed by atoms with E-state index < -0.39 is 0 Å². The Labute approximate surface area is 95.1 Å². The molecule has 1 aliphatic heterocycles. The molecule has 1 aliphatic rings. The number of nitrogens with zero attached hydrogens (tertiary/aromatic N) is 1. The lowest BCUT2D eigenvalue weighted by Gasteiger charge is -2.25. The Kier molecular flexibility index (Phi) is 3.04. The van der Waals surface area contributed by atoms with E-state index in [1.54, 1.807) is 0 Å². The first kappa shape index (κ1) is 10.9. The van der Waals surface area contributed by atoms with Crippen LogP contribution in [0.2, 0.25) is 0 Å². The Bertz CT molecular complexity index is 410. The molecule has 1 heterocycles. The molecule has 0 aromatic heterocycles. The van der Waals surface area contributed by atoms with Gasteiger partial charge in [-0.05, 0) is 24.5 Å². The largest absolute Gasteiger partial charge is 0.278 e. The standard InChI is InChI=1S/C13H15NO2/c1-10-5-2-3-6-11(10)9-14-12(15)7-4-8-13(14)16/h2-3,5-6H,4,7-9H2,1H3. The molecule has 3 heteroatoms. The van der Waals surface area contributed by atoms with Gasteiger partial charge in [-0.2, -0.15) is 0 Å². The topological polar surface area (TPSA) is 37.4 Å². The van der Waals surface area contributed by atoms with E-state index in [0.29, 0.717) is 25.8 Å². The van der Waals surface area contributed by atoms with Crippen LogP contribution >= 0.6 is 0 Å². The average Bonchev–Trinajstić information content (AvgIpc) is 2.26. The number of hydrogen-bond acceptors (Lipinski definition) is 2. The molecule has 0 spiro atoms. The van der Waals surface area contributed by atoms with Crippen molar-refractivity contribution < 1.29 is 9.59 Å². The van der Waals surface area contributed by atoms with Gasteiger partial charge in [-0.15, -0.1) is 0 Å². The Morgan fingerprint density at radius 2 is 1.75 bits per heavy atom. The van der Waals surface area contributed by atoms with Crippen LogP contribution in [0.5, 0.6) is 0 Å². The highest BCUT2D eigenvalue weighted by molar-refractivity contribution is 5.97. The fourth-order valence-electron chi connectivity index (χ4n) is 1.93. The van der Waals surface area contributed by atoms with E-state index >= 15 is 0 Å². The predicted molar refractivity (Wildman–Crippen MR) is 60.6 cm³/mol. The summed E-state index contributed by atoms with van der Waals surface area (Å²) >= 11 is 0. The fourth-order valence-corrected chi connectivity index (χ4v) is 1.93. The third kappa shape index (κ3) is 2.13. The van der Waals surface area contributed by atoms with Crippen molar-refractivity contribution in [2.24, 2.45) is 0 Å². The molecule has 0 bridgehead atoms. The maximum atomic E-state index is 11.6. The second-order valence-corrected chi connectivity index (χ2v) is 4.15. The van der Waals surface area contributed by atoms with Crippen LogP contribution in [-0.2, 0) is 16.1 Å². The van der Waals surface area contributed by atoms with E-state index in [9.17, 15) is 9.59 Å². The van der Waals surface area contributed by atoms with Gasteiger partial charge in [-0.3, -0.25) is 14.5 Å². The Morgan fingerprint density at radius 1 is 1.12 bits per heavy atom. The van der Waals surface area contributed by atoms with E-state index in [2.05, 4.69) is 0 Å². The summed E-state index contributed by atoms with van der Waals surface area (Å²) in [5.41, 5.74) is 2.17. The number of hydrogen-bond donors (Lipinski definition) is 0. The maximum absolute atomic E-state index is 11.6. The first-order valence-corrected chi connectivity index (χ1v) is 5.56. The number of piperidine rings is 1. The van der Waals surface area contributed by atoms with Crippen LogP contribution in [0.25, 0.3) is 0 Å². The zero-order valence-corrected chi connectivity index (χ0v) is 9.40. The summed E-state index contributed by atoms with van der Waals surface area (Å²) in [4.78, 5) is 24.6. The molecule has 1 fully saturated rings. The number of benzene rings is 1. The molecule has 16 heavy (non-hydrogen) atoms. The van der Waals surface area contributed by atoms with Crippen LogP contribution in [0.3, 0.4) is 0 Å². The summed E-state index contributed by atoms with van der Waals surface area (Å²) in [6.07, 6.45) is 1.69. The van der Waals surface area contributed by atoms with Crippen LogP contribution in [-0.4, -0.2) is 16.7 Å². The van der Waals surface area contributed by atoms with E-state index in [-0.39, 0.29) is 11.8 Å². The van der Waals surface area contributed by atoms with Gasteiger partial charge in [0.1, 0.15) is 0 Å². The second-order valence-electron chi connectivity index (χ2n) is 4.15. The quantitative estimate of drug-likeness (QED) is 0.711. The highest BCUT2D eigenvalue weighted by atomic mass is 16.2. The average molecular weight is 217 g/mol. The van der Waals surface area contributed by atoms with E-state index in [4.69, 9.17) is 0 Å². The molecule has 0 N–H and O–H groups in total. The summed E-state index contributed by atoms with van der Waals surface area (Å²) in [7, 11) is 0. The van der Waals surface area contributed by atoms with Crippen molar-refractivity contribution in [2.75, 3.05) is 0 Å². The van der Waals surface area contributed by atoms with E-state index in [0.717, 1.165) is 11.1 Å². The predicted octanol–water partition coefficient (Wildman–Crippen LogP) is 2.03. The summed E-state index contributed by atoms with van der Waals surface area (Å²) in [6.45, 7) is 2.42. The third-order valence-electron chi connectivity index (χ3n) is 2.97. The third-order valence-corrected chi connectivity index (χ3v) is 2.97. The molecule has 0 atom stereocenters. The van der Waals surface area contributed by atoms with Crippen molar-refractivity contribution in [3.63, 3.8) is 0 Å². The summed E-state index contributed by atoms with van der Waals surface area (Å²) in [6, 6.07) is 7.85. The molecular weight excluding hydrogens is 202 g/mol. The Hall–Kier alpha value is -1.64. The van der Waals surface area contributed by atoms with Gasteiger partial charge >= 0.3 is 0 Å². The number of carbonyl (C=O) groups excluding carboxylic acids is 2. The van der Waals surface area contributed by atoms with Crippen molar-refractivity contribution in [3.8, 4) is 0 Å². The number of aryl methyl sites for hydroxylation is 1. The van der Waals surface area contributed by atoms with Crippen molar-refractivity contribution in [1.29, 1.82) is 0 Å². The smallest absolute Gasteiger partial charge is 0.229 e. The zero-order chi connectivity index (χ0) is 11.5. The van der Waals surface area contributed by atoms with Crippen molar-refractivity contribution in [2.45, 2.75) is 32.7 Å². The van der Waals surface area contributed by atoms with Crippen molar-refractivity contribution in [1.82, 2.24) is 4.90 Å². The first-order valence-electron chi connectivity index (χ1n) is 5.56. The van der Waals surface area contributed by atoms with Crippen LogP contribution in [0.1, 0.15) is 30.4 Å². The van der Waals surface area contributed by atoms with Crippen molar-refractivity contribution >= 4 is 11.8 Å². The number of carbonyl (C=O) groups is 2. The molecule has 1 aromatic carbocycles. The van der Waals surface area contributed by atoms with Crippen LogP contribution in [0, 0.1) is 6.92 Å². The van der Waals surface area contributed by atoms with Gasteiger partial charge in [-0.25, -0.2) is 0 Å². The molecule has 0 aliphatic carbocycles. The number of amides is 2. The van der Waals surface area contributed by atoms with Gasteiger partial charge in [0.2, 0.25) is 11.8 Å². The highest BCUT2D eigenvalue weighted by Gasteiger charge is 2.25. The van der Waals surface area contributed by atoms with Gasteiger partial charge in [0.15, 0.2) is 0 Å². The van der Waals surface area contributed by atoms with Crippen molar-refractivity contribution in [3.05, 3.63) is 35.4 Å². The minimum absolute atomic E-state index is 0.0421. The molecule has 0 saturated carbocycles. The SMILES string of the molecule is Cc1ccccc1CN1C(=O)CCCC1=O. The van der Waals surface area contributed by atoms with Gasteiger partial charge < -0.3 is 0 Å². The summed E-state index contributed by atoms with van der Waals surface area (Å²) in [5.74, 6) is -0.0843. The molecule has 1 saturated heterocycles. The van der Waals surface area contributed by atoms with Crippen LogP contribution < -0.4 is 0 Å². The number of likely N-dealkylation sites (tertiary alicyclic amines) is 1. The molecule has 2 rings (SSSR count). The maximum Gasteiger partial charge on any atom is 0.229 e. The summed E-state index contributed by atoms with van der Waals surface area (Å²) in [5, 5.41) is 0. The monoisotopic (exact) mass is 217 g/mol. The molecular formula is C13H15NO2. The zero-order valence-electron chi connectivity index (χ0n) is 9.40. The van der Waals surface area contributed by atoms with Gasteiger partial charge in [0.05, 0.1) is 6.54 Å².